The van der Waals surface area contributed by atoms with E-state index in [2.05, 4.69) is 46.0 Å². The van der Waals surface area contributed by atoms with E-state index in [-0.39, 0.29) is 0 Å². The van der Waals surface area contributed by atoms with Crippen LogP contribution in [0.5, 0.6) is 0 Å². The van der Waals surface area contributed by atoms with Crippen LogP contribution in [0.25, 0.3) is 0 Å². The van der Waals surface area contributed by atoms with Crippen molar-refractivity contribution in [2.75, 3.05) is 37.6 Å². The van der Waals surface area contributed by atoms with Crippen molar-refractivity contribution in [2.45, 2.75) is 40.0 Å². The molecule has 0 aromatic carbocycles. The second kappa shape index (κ2) is 6.95. The van der Waals surface area contributed by atoms with E-state index in [4.69, 9.17) is 0 Å². The number of rotatable bonds is 4. The molecule has 4 nitrogen and oxygen atoms in total. The number of hydrogen-bond acceptors (Lipinski definition) is 4. The zero-order valence-electron chi connectivity index (χ0n) is 14.3. The van der Waals surface area contributed by atoms with Crippen LogP contribution in [0.2, 0.25) is 0 Å². The molecule has 4 heteroatoms. The quantitative estimate of drug-likeness (QED) is 0.856. The van der Waals surface area contributed by atoms with Gasteiger partial charge in [-0.1, -0.05) is 13.8 Å². The van der Waals surface area contributed by atoms with Crippen LogP contribution in [0.4, 0.5) is 5.82 Å². The largest absolute Gasteiger partial charge is 0.355 e. The smallest absolute Gasteiger partial charge is 0.151 e. The minimum absolute atomic E-state index is 0.790. The second-order valence-corrected chi connectivity index (χ2v) is 7.56. The molecule has 3 rings (SSSR count). The summed E-state index contributed by atoms with van der Waals surface area (Å²) in [7, 11) is 0. The molecule has 2 saturated heterocycles. The van der Waals surface area contributed by atoms with Gasteiger partial charge in [0.2, 0.25) is 0 Å². The van der Waals surface area contributed by atoms with Crippen LogP contribution >= 0.6 is 0 Å². The van der Waals surface area contributed by atoms with Crippen molar-refractivity contribution in [3.05, 3.63) is 17.8 Å². The normalized spacial score (nSPS) is 24.4. The van der Waals surface area contributed by atoms with E-state index in [9.17, 15) is 0 Å². The number of anilines is 1. The molecule has 0 bridgehead atoms. The first-order chi connectivity index (χ1) is 10.6. The molecule has 1 unspecified atom stereocenters. The lowest BCUT2D eigenvalue weighted by Crippen LogP contribution is -2.38. The first-order valence-electron chi connectivity index (χ1n) is 8.89. The Hall–Kier alpha value is -1.16. The SMILES string of the molecule is Cc1ccc(N2CCC(C3CCN(CC(C)C)CC3)C2)nn1. The van der Waals surface area contributed by atoms with Crippen molar-refractivity contribution in [3.8, 4) is 0 Å². The van der Waals surface area contributed by atoms with Gasteiger partial charge in [-0.3, -0.25) is 0 Å². The zero-order chi connectivity index (χ0) is 15.5. The zero-order valence-corrected chi connectivity index (χ0v) is 14.3. The van der Waals surface area contributed by atoms with Gasteiger partial charge in [0.25, 0.3) is 0 Å². The number of aryl methyl sites for hydroxylation is 1. The molecular formula is C18H30N4. The molecule has 0 amide bonds. The molecule has 1 aromatic heterocycles. The van der Waals surface area contributed by atoms with Crippen molar-refractivity contribution in [3.63, 3.8) is 0 Å². The lowest BCUT2D eigenvalue weighted by atomic mass is 9.83. The molecule has 0 spiro atoms. The average molecular weight is 302 g/mol. The topological polar surface area (TPSA) is 32.3 Å². The Bertz CT molecular complexity index is 462. The van der Waals surface area contributed by atoms with Crippen LogP contribution in [0, 0.1) is 24.7 Å². The second-order valence-electron chi connectivity index (χ2n) is 7.56. The van der Waals surface area contributed by atoms with Crippen molar-refractivity contribution < 1.29 is 0 Å². The maximum atomic E-state index is 4.35. The number of aromatic nitrogens is 2. The Morgan fingerprint density at radius 3 is 2.41 bits per heavy atom. The fourth-order valence-electron chi connectivity index (χ4n) is 4.06. The molecule has 2 aliphatic heterocycles. The highest BCUT2D eigenvalue weighted by Gasteiger charge is 2.32. The van der Waals surface area contributed by atoms with Crippen LogP contribution in [0.15, 0.2) is 12.1 Å². The van der Waals surface area contributed by atoms with Crippen LogP contribution < -0.4 is 4.90 Å². The van der Waals surface area contributed by atoms with Gasteiger partial charge >= 0.3 is 0 Å². The maximum Gasteiger partial charge on any atom is 0.151 e. The third-order valence-corrected chi connectivity index (χ3v) is 5.25. The Kier molecular flexibility index (Phi) is 4.97. The summed E-state index contributed by atoms with van der Waals surface area (Å²) in [6, 6.07) is 4.19. The highest BCUT2D eigenvalue weighted by molar-refractivity contribution is 5.38. The van der Waals surface area contributed by atoms with Gasteiger partial charge in [-0.15, -0.1) is 5.10 Å². The minimum atomic E-state index is 0.790. The van der Waals surface area contributed by atoms with Crippen LogP contribution in [-0.2, 0) is 0 Å². The summed E-state index contributed by atoms with van der Waals surface area (Å²) in [5.41, 5.74) is 0.997. The van der Waals surface area contributed by atoms with Gasteiger partial charge in [0.1, 0.15) is 0 Å². The first-order valence-corrected chi connectivity index (χ1v) is 8.89. The lowest BCUT2D eigenvalue weighted by Gasteiger charge is -2.35. The highest BCUT2D eigenvalue weighted by atomic mass is 15.3. The molecular weight excluding hydrogens is 272 g/mol. The summed E-state index contributed by atoms with van der Waals surface area (Å²) in [4.78, 5) is 5.08. The van der Waals surface area contributed by atoms with Crippen LogP contribution in [0.3, 0.4) is 0 Å². The number of hydrogen-bond donors (Lipinski definition) is 0. The molecule has 2 fully saturated rings. The third-order valence-electron chi connectivity index (χ3n) is 5.25. The molecule has 122 valence electrons. The summed E-state index contributed by atoms with van der Waals surface area (Å²) in [6.07, 6.45) is 4.08. The fraction of sp³-hybridized carbons (Fsp3) is 0.778. The summed E-state index contributed by atoms with van der Waals surface area (Å²) in [5.74, 6) is 3.61. The molecule has 1 aromatic rings. The summed E-state index contributed by atoms with van der Waals surface area (Å²) >= 11 is 0. The molecule has 22 heavy (non-hydrogen) atoms. The summed E-state index contributed by atoms with van der Waals surface area (Å²) in [5, 5.41) is 8.55. The Labute approximate surface area is 134 Å². The summed E-state index contributed by atoms with van der Waals surface area (Å²) < 4.78 is 0. The molecule has 2 aliphatic rings. The van der Waals surface area contributed by atoms with Gasteiger partial charge in [0.15, 0.2) is 5.82 Å². The van der Waals surface area contributed by atoms with E-state index >= 15 is 0 Å². The van der Waals surface area contributed by atoms with Crippen molar-refractivity contribution >= 4 is 5.82 Å². The van der Waals surface area contributed by atoms with Gasteiger partial charge in [0.05, 0.1) is 5.69 Å². The van der Waals surface area contributed by atoms with Gasteiger partial charge in [-0.05, 0) is 69.2 Å². The number of likely N-dealkylation sites (tertiary alicyclic amines) is 1. The van der Waals surface area contributed by atoms with Crippen LogP contribution in [-0.4, -0.2) is 47.8 Å². The van der Waals surface area contributed by atoms with E-state index in [0.29, 0.717) is 0 Å². The first kappa shape index (κ1) is 15.7. The number of nitrogens with zero attached hydrogens (tertiary/aromatic N) is 4. The Morgan fingerprint density at radius 2 is 1.77 bits per heavy atom. The van der Waals surface area contributed by atoms with Gasteiger partial charge < -0.3 is 9.80 Å². The predicted octanol–water partition coefficient (Wildman–Crippen LogP) is 2.98. The van der Waals surface area contributed by atoms with E-state index in [1.165, 1.54) is 45.4 Å². The van der Waals surface area contributed by atoms with Crippen molar-refractivity contribution in [1.82, 2.24) is 15.1 Å². The fourth-order valence-corrected chi connectivity index (χ4v) is 4.06. The van der Waals surface area contributed by atoms with Crippen molar-refractivity contribution in [2.24, 2.45) is 17.8 Å². The monoisotopic (exact) mass is 302 g/mol. The maximum absolute atomic E-state index is 4.35. The molecule has 1 atom stereocenters. The van der Waals surface area contributed by atoms with E-state index < -0.39 is 0 Å². The molecule has 0 radical (unpaired) electrons. The van der Waals surface area contributed by atoms with Gasteiger partial charge in [-0.25, -0.2) is 0 Å². The lowest BCUT2D eigenvalue weighted by molar-refractivity contribution is 0.141. The predicted molar refractivity (Wildman–Crippen MR) is 91.1 cm³/mol. The average Bonchev–Trinajstić information content (AvgIpc) is 2.98. The highest BCUT2D eigenvalue weighted by Crippen LogP contribution is 2.33. The molecule has 0 N–H and O–H groups in total. The Morgan fingerprint density at radius 1 is 1.05 bits per heavy atom. The van der Waals surface area contributed by atoms with E-state index in [1.54, 1.807) is 0 Å². The van der Waals surface area contributed by atoms with Gasteiger partial charge in [0, 0.05) is 19.6 Å². The molecule has 3 heterocycles. The van der Waals surface area contributed by atoms with Crippen molar-refractivity contribution in [1.29, 1.82) is 0 Å². The van der Waals surface area contributed by atoms with Crippen LogP contribution in [0.1, 0.15) is 38.8 Å². The number of piperidine rings is 1. The Balaban J connectivity index is 1.50. The van der Waals surface area contributed by atoms with E-state index in [0.717, 1.165) is 35.8 Å². The summed E-state index contributed by atoms with van der Waals surface area (Å²) in [6.45, 7) is 12.8. The third kappa shape index (κ3) is 3.78. The minimum Gasteiger partial charge on any atom is -0.355 e. The standard InChI is InChI=1S/C18H30N4/c1-14(2)12-21-9-6-16(7-10-21)17-8-11-22(13-17)18-5-4-15(3)19-20-18/h4-5,14,16-17H,6-13H2,1-3H3. The van der Waals surface area contributed by atoms with E-state index in [1.807, 2.05) is 6.92 Å². The van der Waals surface area contributed by atoms with Gasteiger partial charge in [-0.2, -0.15) is 5.10 Å². The molecule has 0 saturated carbocycles. The molecule has 0 aliphatic carbocycles.